The third-order valence-electron chi connectivity index (χ3n) is 2.53. The number of carbonyl (C=O) groups is 1. The van der Waals surface area contributed by atoms with Crippen molar-refractivity contribution in [1.82, 2.24) is 0 Å². The van der Waals surface area contributed by atoms with E-state index in [-0.39, 0.29) is 22.9 Å². The number of carbonyl (C=O) groups excluding carboxylic acids is 1. The van der Waals surface area contributed by atoms with Gasteiger partial charge in [0.2, 0.25) is 0 Å². The Balaban J connectivity index is 2.52. The van der Waals surface area contributed by atoms with Gasteiger partial charge in [0.05, 0.1) is 0 Å². The van der Waals surface area contributed by atoms with Crippen LogP contribution in [0.15, 0.2) is 47.7 Å². The largest absolute Gasteiger partial charge is 0.507 e. The summed E-state index contributed by atoms with van der Waals surface area (Å²) < 4.78 is 0. The SMILES string of the molecule is O=C1CCC=C(O)/C1=C(\O)c1ccccc1. The van der Waals surface area contributed by atoms with Gasteiger partial charge in [0.25, 0.3) is 0 Å². The average Bonchev–Trinajstić information content (AvgIpc) is 2.30. The molecule has 0 aliphatic heterocycles. The highest BCUT2D eigenvalue weighted by Gasteiger charge is 2.22. The summed E-state index contributed by atoms with van der Waals surface area (Å²) in [6.07, 6.45) is 2.41. The minimum Gasteiger partial charge on any atom is -0.507 e. The van der Waals surface area contributed by atoms with Crippen molar-refractivity contribution in [3.63, 3.8) is 0 Å². The molecule has 0 amide bonds. The van der Waals surface area contributed by atoms with Crippen LogP contribution in [-0.4, -0.2) is 16.0 Å². The Labute approximate surface area is 93.4 Å². The first-order chi connectivity index (χ1) is 7.70. The minimum atomic E-state index is -0.221. The molecule has 2 N–H and O–H groups in total. The molecular weight excluding hydrogens is 204 g/mol. The van der Waals surface area contributed by atoms with Crippen molar-refractivity contribution in [3.05, 3.63) is 53.3 Å². The first-order valence-corrected chi connectivity index (χ1v) is 5.11. The van der Waals surface area contributed by atoms with Gasteiger partial charge in [-0.25, -0.2) is 0 Å². The van der Waals surface area contributed by atoms with Gasteiger partial charge in [0.1, 0.15) is 17.1 Å². The van der Waals surface area contributed by atoms with Gasteiger partial charge in [-0.2, -0.15) is 0 Å². The number of rotatable bonds is 1. The van der Waals surface area contributed by atoms with E-state index < -0.39 is 0 Å². The first kappa shape index (κ1) is 10.5. The topological polar surface area (TPSA) is 57.5 Å². The van der Waals surface area contributed by atoms with Crippen molar-refractivity contribution in [2.45, 2.75) is 12.8 Å². The molecule has 2 rings (SSSR count). The quantitative estimate of drug-likeness (QED) is 0.560. The second kappa shape index (κ2) is 4.23. The Hall–Kier alpha value is -2.03. The van der Waals surface area contributed by atoms with Crippen LogP contribution < -0.4 is 0 Å². The summed E-state index contributed by atoms with van der Waals surface area (Å²) in [7, 11) is 0. The summed E-state index contributed by atoms with van der Waals surface area (Å²) in [4.78, 5) is 11.6. The fourth-order valence-corrected chi connectivity index (χ4v) is 1.70. The predicted molar refractivity (Wildman–Crippen MR) is 60.9 cm³/mol. The van der Waals surface area contributed by atoms with E-state index >= 15 is 0 Å². The number of Topliss-reactive ketones (excluding diaryl/α,β-unsaturated/α-hetero) is 1. The number of hydrogen-bond donors (Lipinski definition) is 2. The molecule has 0 saturated carbocycles. The van der Waals surface area contributed by atoms with E-state index in [2.05, 4.69) is 0 Å². The van der Waals surface area contributed by atoms with Gasteiger partial charge >= 0.3 is 0 Å². The van der Waals surface area contributed by atoms with Crippen molar-refractivity contribution in [3.8, 4) is 0 Å². The number of benzene rings is 1. The van der Waals surface area contributed by atoms with Crippen molar-refractivity contribution < 1.29 is 15.0 Å². The molecule has 1 aromatic carbocycles. The molecular formula is C13H12O3. The summed E-state index contributed by atoms with van der Waals surface area (Å²) in [5, 5.41) is 19.5. The van der Waals surface area contributed by atoms with Crippen LogP contribution in [0.3, 0.4) is 0 Å². The molecule has 0 atom stereocenters. The normalized spacial score (nSPS) is 19.2. The van der Waals surface area contributed by atoms with Crippen molar-refractivity contribution in [2.24, 2.45) is 0 Å². The molecule has 1 aliphatic carbocycles. The molecule has 3 nitrogen and oxygen atoms in total. The smallest absolute Gasteiger partial charge is 0.170 e. The second-order valence-electron chi connectivity index (χ2n) is 3.64. The minimum absolute atomic E-state index is 0.0254. The van der Waals surface area contributed by atoms with Crippen LogP contribution in [0.2, 0.25) is 0 Å². The maximum Gasteiger partial charge on any atom is 0.170 e. The molecule has 0 aromatic heterocycles. The van der Waals surface area contributed by atoms with Crippen molar-refractivity contribution in [2.75, 3.05) is 0 Å². The molecule has 0 heterocycles. The Morgan fingerprint density at radius 2 is 1.88 bits per heavy atom. The molecule has 0 spiro atoms. The average molecular weight is 216 g/mol. The molecule has 3 heteroatoms. The fourth-order valence-electron chi connectivity index (χ4n) is 1.70. The van der Waals surface area contributed by atoms with Gasteiger partial charge in [-0.1, -0.05) is 30.3 Å². The van der Waals surface area contributed by atoms with E-state index in [1.807, 2.05) is 6.07 Å². The van der Waals surface area contributed by atoms with Crippen LogP contribution in [0.4, 0.5) is 0 Å². The summed E-state index contributed by atoms with van der Waals surface area (Å²) in [5.41, 5.74) is 0.560. The number of aliphatic hydroxyl groups excluding tert-OH is 2. The van der Waals surface area contributed by atoms with Crippen LogP contribution in [0.5, 0.6) is 0 Å². The molecule has 0 fully saturated rings. The lowest BCUT2D eigenvalue weighted by molar-refractivity contribution is -0.115. The van der Waals surface area contributed by atoms with Gasteiger partial charge in [-0.15, -0.1) is 0 Å². The number of allylic oxidation sites excluding steroid dienone is 2. The molecule has 0 unspecified atom stereocenters. The standard InChI is InChI=1S/C13H12O3/c14-10-7-4-8-11(15)12(10)13(16)9-5-2-1-3-6-9/h1-3,5-7,14,16H,4,8H2/b13-12+. The number of aliphatic hydroxyl groups is 2. The van der Waals surface area contributed by atoms with Crippen LogP contribution in [0, 0.1) is 0 Å². The molecule has 16 heavy (non-hydrogen) atoms. The van der Waals surface area contributed by atoms with E-state index in [4.69, 9.17) is 0 Å². The van der Waals surface area contributed by atoms with Gasteiger partial charge in [0, 0.05) is 12.0 Å². The highest BCUT2D eigenvalue weighted by Crippen LogP contribution is 2.26. The summed E-state index contributed by atoms with van der Waals surface area (Å²) in [6, 6.07) is 8.73. The van der Waals surface area contributed by atoms with Crippen LogP contribution in [0.1, 0.15) is 18.4 Å². The van der Waals surface area contributed by atoms with E-state index in [0.29, 0.717) is 18.4 Å². The van der Waals surface area contributed by atoms with Gasteiger partial charge in [-0.05, 0) is 12.5 Å². The van der Waals surface area contributed by atoms with Gasteiger partial charge in [0.15, 0.2) is 5.78 Å². The van der Waals surface area contributed by atoms with Crippen LogP contribution >= 0.6 is 0 Å². The van der Waals surface area contributed by atoms with E-state index in [9.17, 15) is 15.0 Å². The summed E-state index contributed by atoms with van der Waals surface area (Å²) in [6.45, 7) is 0. The molecule has 0 radical (unpaired) electrons. The zero-order valence-electron chi connectivity index (χ0n) is 8.68. The number of ketones is 1. The van der Waals surface area contributed by atoms with Crippen molar-refractivity contribution >= 4 is 11.5 Å². The summed E-state index contributed by atoms with van der Waals surface area (Å²) >= 11 is 0. The maximum absolute atomic E-state index is 11.6. The fraction of sp³-hybridized carbons (Fsp3) is 0.154. The Kier molecular flexibility index (Phi) is 2.77. The van der Waals surface area contributed by atoms with E-state index in [0.717, 1.165) is 0 Å². The number of hydrogen-bond acceptors (Lipinski definition) is 3. The molecule has 1 aromatic rings. The van der Waals surface area contributed by atoms with Crippen molar-refractivity contribution in [1.29, 1.82) is 0 Å². The first-order valence-electron chi connectivity index (χ1n) is 5.11. The highest BCUT2D eigenvalue weighted by atomic mass is 16.3. The van der Waals surface area contributed by atoms with Gasteiger partial charge < -0.3 is 10.2 Å². The lowest BCUT2D eigenvalue weighted by Gasteiger charge is -2.13. The molecule has 0 saturated heterocycles. The van der Waals surface area contributed by atoms with E-state index in [1.165, 1.54) is 0 Å². The molecule has 1 aliphatic rings. The Morgan fingerprint density at radius 3 is 2.50 bits per heavy atom. The third kappa shape index (κ3) is 1.84. The third-order valence-corrected chi connectivity index (χ3v) is 2.53. The van der Waals surface area contributed by atoms with Gasteiger partial charge in [-0.3, -0.25) is 4.79 Å². The predicted octanol–water partition coefficient (Wildman–Crippen LogP) is 2.76. The highest BCUT2D eigenvalue weighted by molar-refractivity contribution is 6.05. The molecule has 0 bridgehead atoms. The van der Waals surface area contributed by atoms with Crippen LogP contribution in [-0.2, 0) is 4.79 Å². The molecule has 82 valence electrons. The zero-order valence-corrected chi connectivity index (χ0v) is 8.68. The Bertz CT molecular complexity index is 469. The van der Waals surface area contributed by atoms with E-state index in [1.54, 1.807) is 30.3 Å². The summed E-state index contributed by atoms with van der Waals surface area (Å²) in [5.74, 6) is -0.502. The zero-order chi connectivity index (χ0) is 11.5. The van der Waals surface area contributed by atoms with Crippen LogP contribution in [0.25, 0.3) is 5.76 Å². The lowest BCUT2D eigenvalue weighted by atomic mass is 9.95. The maximum atomic E-state index is 11.6. The second-order valence-corrected chi connectivity index (χ2v) is 3.64. The monoisotopic (exact) mass is 216 g/mol. The Morgan fingerprint density at radius 1 is 1.19 bits per heavy atom. The lowest BCUT2D eigenvalue weighted by Crippen LogP contribution is -2.12.